The number of rotatable bonds is 8. The molecule has 13 heteroatoms. The Bertz CT molecular complexity index is 1280. The van der Waals surface area contributed by atoms with Crippen molar-refractivity contribution in [3.8, 4) is 11.1 Å². The van der Waals surface area contributed by atoms with E-state index in [1.54, 1.807) is 41.3 Å². The van der Waals surface area contributed by atoms with E-state index in [1.165, 1.54) is 17.2 Å². The van der Waals surface area contributed by atoms with Crippen molar-refractivity contribution in [1.29, 1.82) is 0 Å². The molecular formula is C23H22FN7O5. The molecule has 36 heavy (non-hydrogen) atoms. The zero-order valence-electron chi connectivity index (χ0n) is 19.0. The topological polar surface area (TPSA) is 147 Å². The highest BCUT2D eigenvalue weighted by atomic mass is 19.1. The summed E-state index contributed by atoms with van der Waals surface area (Å²) in [5, 5.41) is 11.6. The Labute approximate surface area is 204 Å². The molecule has 0 aliphatic carbocycles. The summed E-state index contributed by atoms with van der Waals surface area (Å²) in [6.07, 6.45) is 3.79. The van der Waals surface area contributed by atoms with E-state index in [0.29, 0.717) is 41.2 Å². The van der Waals surface area contributed by atoms with Crippen LogP contribution in [0.2, 0.25) is 0 Å². The number of carbonyl (C=O) groups is 2. The summed E-state index contributed by atoms with van der Waals surface area (Å²) in [6, 6.07) is 7.99. The minimum absolute atomic E-state index is 0.0461. The number of hydrogen-bond acceptors (Lipinski definition) is 10. The highest BCUT2D eigenvalue weighted by molar-refractivity contribution is 5.99. The molecule has 1 aromatic carbocycles. The number of hydrogen-bond donors (Lipinski definition) is 1. The number of ether oxygens (including phenoxy) is 2. The zero-order chi connectivity index (χ0) is 25.1. The van der Waals surface area contributed by atoms with Crippen molar-refractivity contribution in [2.75, 3.05) is 24.6 Å². The second-order valence-electron chi connectivity index (χ2n) is 8.19. The van der Waals surface area contributed by atoms with E-state index in [4.69, 9.17) is 20.0 Å². The van der Waals surface area contributed by atoms with Crippen LogP contribution in [0.1, 0.15) is 12.1 Å². The summed E-state index contributed by atoms with van der Waals surface area (Å²) in [7, 11) is 0. The van der Waals surface area contributed by atoms with Gasteiger partial charge in [0.05, 0.1) is 37.2 Å². The Balaban J connectivity index is 1.22. The third kappa shape index (κ3) is 5.00. The molecule has 4 heterocycles. The van der Waals surface area contributed by atoms with Crippen LogP contribution >= 0.6 is 0 Å². The summed E-state index contributed by atoms with van der Waals surface area (Å²) < 4.78 is 26.9. The highest BCUT2D eigenvalue weighted by Crippen LogP contribution is 2.29. The van der Waals surface area contributed by atoms with Gasteiger partial charge in [-0.1, -0.05) is 16.4 Å². The standard InChI is InChI=1S/C23H22FN7O5/c24-19-7-15(31-12-17(35-23(31)33)11-30-6-5-27-29-30)2-3-18(19)14-1-4-20(26-10-14)21-8-16(36-28-21)13-34-22(32)9-25/h1-7,10,16-17H,8-9,11-13,25H2/t16-,17-/m0/s1. The lowest BCUT2D eigenvalue weighted by Crippen LogP contribution is -2.26. The van der Waals surface area contributed by atoms with Crippen LogP contribution in [0.25, 0.3) is 11.1 Å². The van der Waals surface area contributed by atoms with Gasteiger partial charge in [0, 0.05) is 29.9 Å². The molecule has 0 bridgehead atoms. The van der Waals surface area contributed by atoms with Crippen LogP contribution in [0.3, 0.4) is 0 Å². The number of cyclic esters (lactones) is 1. The minimum atomic E-state index is -0.547. The first-order chi connectivity index (χ1) is 17.5. The lowest BCUT2D eigenvalue weighted by Gasteiger charge is -2.14. The fraction of sp³-hybridized carbons (Fsp3) is 0.304. The molecule has 2 atom stereocenters. The molecule has 2 N–H and O–H groups in total. The van der Waals surface area contributed by atoms with Gasteiger partial charge in [0.2, 0.25) is 0 Å². The van der Waals surface area contributed by atoms with Crippen LogP contribution in [0.5, 0.6) is 0 Å². The summed E-state index contributed by atoms with van der Waals surface area (Å²) >= 11 is 0. The van der Waals surface area contributed by atoms with Crippen molar-refractivity contribution in [2.24, 2.45) is 10.9 Å². The maximum absolute atomic E-state index is 15.0. The molecule has 0 radical (unpaired) electrons. The maximum Gasteiger partial charge on any atom is 0.414 e. The summed E-state index contributed by atoms with van der Waals surface area (Å²) in [5.41, 5.74) is 7.67. The smallest absolute Gasteiger partial charge is 0.414 e. The van der Waals surface area contributed by atoms with Gasteiger partial charge in [0.15, 0.2) is 6.10 Å². The quantitative estimate of drug-likeness (QED) is 0.459. The Morgan fingerprint density at radius 3 is 2.86 bits per heavy atom. The first-order valence-corrected chi connectivity index (χ1v) is 11.2. The molecule has 1 amide bonds. The van der Waals surface area contributed by atoms with Crippen LogP contribution in [-0.2, 0) is 25.7 Å². The molecule has 0 saturated carbocycles. The molecule has 5 rings (SSSR count). The number of amides is 1. The molecule has 1 fully saturated rings. The zero-order valence-corrected chi connectivity index (χ0v) is 19.0. The average molecular weight is 495 g/mol. The SMILES string of the molecule is NCC(=O)OC[C@@H]1CC(c2ccc(-c3ccc(N4C[C@H](Cn5ccnn5)OC4=O)cc3F)cn2)=NO1. The van der Waals surface area contributed by atoms with Crippen molar-refractivity contribution in [2.45, 2.75) is 25.2 Å². The van der Waals surface area contributed by atoms with Crippen LogP contribution < -0.4 is 10.6 Å². The largest absolute Gasteiger partial charge is 0.461 e. The van der Waals surface area contributed by atoms with Crippen LogP contribution in [0, 0.1) is 5.82 Å². The molecule has 0 unspecified atom stereocenters. The monoisotopic (exact) mass is 495 g/mol. The fourth-order valence-electron chi connectivity index (χ4n) is 3.91. The van der Waals surface area contributed by atoms with Crippen LogP contribution in [0.15, 0.2) is 54.1 Å². The van der Waals surface area contributed by atoms with Crippen molar-refractivity contribution >= 4 is 23.5 Å². The number of benzene rings is 1. The molecule has 2 aliphatic rings. The minimum Gasteiger partial charge on any atom is -0.461 e. The number of nitrogens with zero attached hydrogens (tertiary/aromatic N) is 6. The van der Waals surface area contributed by atoms with Crippen molar-refractivity contribution in [3.63, 3.8) is 0 Å². The number of aromatic nitrogens is 4. The molecule has 12 nitrogen and oxygen atoms in total. The number of carbonyl (C=O) groups excluding carboxylic acids is 2. The molecule has 1 saturated heterocycles. The van der Waals surface area contributed by atoms with Gasteiger partial charge < -0.3 is 20.0 Å². The van der Waals surface area contributed by atoms with E-state index < -0.39 is 30.1 Å². The van der Waals surface area contributed by atoms with E-state index in [9.17, 15) is 9.59 Å². The van der Waals surface area contributed by atoms with Crippen LogP contribution in [-0.4, -0.2) is 69.7 Å². The van der Waals surface area contributed by atoms with Gasteiger partial charge in [-0.15, -0.1) is 5.10 Å². The van der Waals surface area contributed by atoms with E-state index in [0.717, 1.165) is 0 Å². The number of anilines is 1. The first kappa shape index (κ1) is 23.4. The molecule has 0 spiro atoms. The second-order valence-corrected chi connectivity index (χ2v) is 8.19. The van der Waals surface area contributed by atoms with Gasteiger partial charge in [-0.3, -0.25) is 14.7 Å². The van der Waals surface area contributed by atoms with E-state index in [-0.39, 0.29) is 19.7 Å². The van der Waals surface area contributed by atoms with Gasteiger partial charge >= 0.3 is 12.1 Å². The summed E-state index contributed by atoms with van der Waals surface area (Å²) in [5.74, 6) is -1.02. The molecule has 3 aromatic rings. The van der Waals surface area contributed by atoms with Gasteiger partial charge in [0.25, 0.3) is 0 Å². The van der Waals surface area contributed by atoms with Gasteiger partial charge in [-0.2, -0.15) is 0 Å². The van der Waals surface area contributed by atoms with Gasteiger partial charge in [0.1, 0.15) is 24.2 Å². The number of nitrogens with two attached hydrogens (primary N) is 1. The lowest BCUT2D eigenvalue weighted by atomic mass is 10.0. The number of halogens is 1. The third-order valence-electron chi connectivity index (χ3n) is 5.70. The number of oxime groups is 1. The van der Waals surface area contributed by atoms with Gasteiger partial charge in [-0.25, -0.2) is 13.9 Å². The molecular weight excluding hydrogens is 473 g/mol. The lowest BCUT2D eigenvalue weighted by molar-refractivity contribution is -0.145. The number of esters is 1. The van der Waals surface area contributed by atoms with E-state index >= 15 is 4.39 Å². The number of pyridine rings is 1. The first-order valence-electron chi connectivity index (χ1n) is 11.2. The summed E-state index contributed by atoms with van der Waals surface area (Å²) in [6.45, 7) is 0.471. The molecule has 186 valence electrons. The van der Waals surface area contributed by atoms with E-state index in [2.05, 4.69) is 20.5 Å². The Kier molecular flexibility index (Phi) is 6.54. The third-order valence-corrected chi connectivity index (χ3v) is 5.70. The van der Waals surface area contributed by atoms with Crippen LogP contribution in [0.4, 0.5) is 14.9 Å². The predicted molar refractivity (Wildman–Crippen MR) is 123 cm³/mol. The van der Waals surface area contributed by atoms with E-state index in [1.807, 2.05) is 0 Å². The highest BCUT2D eigenvalue weighted by Gasteiger charge is 2.33. The fourth-order valence-corrected chi connectivity index (χ4v) is 3.91. The second kappa shape index (κ2) is 10.1. The molecule has 2 aliphatic heterocycles. The Hall–Kier alpha value is -4.39. The maximum atomic E-state index is 15.0. The van der Waals surface area contributed by atoms with Gasteiger partial charge in [-0.05, 0) is 24.3 Å². The Morgan fingerprint density at radius 2 is 2.14 bits per heavy atom. The Morgan fingerprint density at radius 1 is 1.25 bits per heavy atom. The summed E-state index contributed by atoms with van der Waals surface area (Å²) in [4.78, 5) is 34.6. The average Bonchev–Trinajstić information content (AvgIpc) is 3.65. The predicted octanol–water partition coefficient (Wildman–Crippen LogP) is 1.50. The van der Waals surface area contributed by atoms with Crippen molar-refractivity contribution in [1.82, 2.24) is 20.0 Å². The van der Waals surface area contributed by atoms with Crippen molar-refractivity contribution < 1.29 is 28.3 Å². The normalized spacial score (nSPS) is 19.1. The molecule has 2 aromatic heterocycles. The van der Waals surface area contributed by atoms with Crippen molar-refractivity contribution in [3.05, 3.63) is 60.4 Å².